The standard InChI is InChI=1S/C21H15F4N3O3S/c1-2-10-29-18-16-19(31-17(26-16)12-4-3-5-13(22)11-12)28-20(27-18)30-14-6-8-15(9-7-14)32-21(23,24)25/h3-9,11H,2,10H2,1H3. The summed E-state index contributed by atoms with van der Waals surface area (Å²) < 4.78 is 67.9. The van der Waals surface area contributed by atoms with E-state index < -0.39 is 11.3 Å². The van der Waals surface area contributed by atoms with E-state index in [1.165, 1.54) is 42.5 Å². The summed E-state index contributed by atoms with van der Waals surface area (Å²) in [5, 5.41) is 0. The maximum Gasteiger partial charge on any atom is 0.446 e. The summed E-state index contributed by atoms with van der Waals surface area (Å²) in [6.07, 6.45) is 0.703. The van der Waals surface area contributed by atoms with E-state index >= 15 is 0 Å². The van der Waals surface area contributed by atoms with Crippen molar-refractivity contribution in [3.63, 3.8) is 0 Å². The normalized spacial score (nSPS) is 11.7. The second-order valence-corrected chi connectivity index (χ2v) is 7.60. The van der Waals surface area contributed by atoms with Gasteiger partial charge in [-0.2, -0.15) is 23.1 Å². The molecule has 166 valence electrons. The first-order valence-corrected chi connectivity index (χ1v) is 10.2. The average Bonchev–Trinajstić information content (AvgIpc) is 3.17. The largest absolute Gasteiger partial charge is 0.476 e. The van der Waals surface area contributed by atoms with E-state index in [9.17, 15) is 17.6 Å². The van der Waals surface area contributed by atoms with Crippen LogP contribution in [-0.4, -0.2) is 27.1 Å². The molecule has 2 aromatic heterocycles. The number of aromatic nitrogens is 3. The van der Waals surface area contributed by atoms with E-state index in [1.54, 1.807) is 6.07 Å². The van der Waals surface area contributed by atoms with Crippen LogP contribution in [0.3, 0.4) is 0 Å². The van der Waals surface area contributed by atoms with Crippen molar-refractivity contribution >= 4 is 23.0 Å². The molecule has 0 atom stereocenters. The SMILES string of the molecule is CCCOc1nc(Oc2ccc(SC(F)(F)F)cc2)nc2oc(-c3cccc(F)c3)nc12. The highest BCUT2D eigenvalue weighted by atomic mass is 32.2. The number of hydrogen-bond acceptors (Lipinski definition) is 7. The summed E-state index contributed by atoms with van der Waals surface area (Å²) in [6.45, 7) is 2.26. The van der Waals surface area contributed by atoms with E-state index in [1.807, 2.05) is 6.92 Å². The first kappa shape index (κ1) is 21.9. The molecule has 0 aliphatic carbocycles. The van der Waals surface area contributed by atoms with Gasteiger partial charge < -0.3 is 13.9 Å². The van der Waals surface area contributed by atoms with E-state index in [0.29, 0.717) is 18.6 Å². The minimum absolute atomic E-state index is 0.0168. The summed E-state index contributed by atoms with van der Waals surface area (Å²) in [5.74, 6) is 0.0139. The summed E-state index contributed by atoms with van der Waals surface area (Å²) in [6, 6.07) is 10.9. The van der Waals surface area contributed by atoms with Gasteiger partial charge in [0.25, 0.3) is 11.6 Å². The van der Waals surface area contributed by atoms with Gasteiger partial charge >= 0.3 is 11.5 Å². The van der Waals surface area contributed by atoms with Crippen LogP contribution in [0.15, 0.2) is 57.8 Å². The highest BCUT2D eigenvalue weighted by Crippen LogP contribution is 2.38. The van der Waals surface area contributed by atoms with E-state index in [2.05, 4.69) is 15.0 Å². The number of nitrogens with zero attached hydrogens (tertiary/aromatic N) is 3. The zero-order chi connectivity index (χ0) is 22.7. The van der Waals surface area contributed by atoms with Crippen LogP contribution in [0.25, 0.3) is 22.7 Å². The molecule has 0 saturated carbocycles. The Labute approximate surface area is 183 Å². The molecule has 2 aromatic carbocycles. The molecule has 0 aliphatic rings. The number of thioether (sulfide) groups is 1. The number of benzene rings is 2. The number of rotatable bonds is 7. The van der Waals surface area contributed by atoms with Crippen molar-refractivity contribution in [1.82, 2.24) is 15.0 Å². The molecule has 0 bridgehead atoms. The summed E-state index contributed by atoms with van der Waals surface area (Å²) in [7, 11) is 0. The van der Waals surface area contributed by atoms with Gasteiger partial charge in [0.15, 0.2) is 5.52 Å². The van der Waals surface area contributed by atoms with Crippen molar-refractivity contribution in [2.75, 3.05) is 6.61 Å². The maximum atomic E-state index is 13.6. The second kappa shape index (κ2) is 9.03. The molecule has 32 heavy (non-hydrogen) atoms. The second-order valence-electron chi connectivity index (χ2n) is 6.46. The van der Waals surface area contributed by atoms with Gasteiger partial charge in [0.2, 0.25) is 5.89 Å². The molecule has 0 radical (unpaired) electrons. The Balaban J connectivity index is 1.65. The number of ether oxygens (including phenoxy) is 2. The molecule has 0 saturated heterocycles. The van der Waals surface area contributed by atoms with Crippen LogP contribution in [0.5, 0.6) is 17.6 Å². The third kappa shape index (κ3) is 5.28. The van der Waals surface area contributed by atoms with Crippen molar-refractivity contribution < 1.29 is 31.5 Å². The van der Waals surface area contributed by atoms with Gasteiger partial charge in [-0.15, -0.1) is 0 Å². The van der Waals surface area contributed by atoms with Crippen LogP contribution < -0.4 is 9.47 Å². The number of hydrogen-bond donors (Lipinski definition) is 0. The third-order valence-corrected chi connectivity index (χ3v) is 4.73. The smallest absolute Gasteiger partial charge is 0.446 e. The minimum atomic E-state index is -4.38. The van der Waals surface area contributed by atoms with Crippen molar-refractivity contribution in [3.05, 3.63) is 54.3 Å². The Morgan fingerprint density at radius 2 is 1.81 bits per heavy atom. The Morgan fingerprint density at radius 1 is 1.03 bits per heavy atom. The molecule has 11 heteroatoms. The van der Waals surface area contributed by atoms with Crippen molar-refractivity contribution in [3.8, 4) is 29.1 Å². The van der Waals surface area contributed by atoms with Crippen LogP contribution in [0, 0.1) is 5.82 Å². The Morgan fingerprint density at radius 3 is 2.50 bits per heavy atom. The van der Waals surface area contributed by atoms with E-state index in [-0.39, 0.29) is 51.4 Å². The topological polar surface area (TPSA) is 70.3 Å². The van der Waals surface area contributed by atoms with E-state index in [4.69, 9.17) is 13.9 Å². The lowest BCUT2D eigenvalue weighted by atomic mass is 10.2. The molecule has 2 heterocycles. The zero-order valence-corrected chi connectivity index (χ0v) is 17.3. The highest BCUT2D eigenvalue weighted by molar-refractivity contribution is 8.00. The van der Waals surface area contributed by atoms with Crippen LogP contribution >= 0.6 is 11.8 Å². The van der Waals surface area contributed by atoms with Crippen molar-refractivity contribution in [2.45, 2.75) is 23.7 Å². The number of oxazole rings is 1. The quantitative estimate of drug-likeness (QED) is 0.224. The molecular weight excluding hydrogens is 450 g/mol. The first-order chi connectivity index (χ1) is 15.3. The summed E-state index contributed by atoms with van der Waals surface area (Å²) in [5.41, 5.74) is -3.68. The predicted molar refractivity (Wildman–Crippen MR) is 109 cm³/mol. The monoisotopic (exact) mass is 465 g/mol. The molecule has 0 spiro atoms. The highest BCUT2D eigenvalue weighted by Gasteiger charge is 2.29. The molecule has 0 amide bonds. The van der Waals surface area contributed by atoms with Crippen LogP contribution in [0.2, 0.25) is 0 Å². The molecule has 4 rings (SSSR count). The zero-order valence-electron chi connectivity index (χ0n) is 16.5. The Kier molecular flexibility index (Phi) is 6.17. The molecule has 4 aromatic rings. The van der Waals surface area contributed by atoms with Crippen LogP contribution in [0.4, 0.5) is 17.6 Å². The lowest BCUT2D eigenvalue weighted by Gasteiger charge is -2.08. The number of halogens is 4. The molecule has 0 fully saturated rings. The fraction of sp³-hybridized carbons (Fsp3) is 0.190. The molecule has 6 nitrogen and oxygen atoms in total. The van der Waals surface area contributed by atoms with Crippen LogP contribution in [0.1, 0.15) is 13.3 Å². The Hall–Kier alpha value is -3.34. The van der Waals surface area contributed by atoms with Gasteiger partial charge in [0.1, 0.15) is 11.6 Å². The number of alkyl halides is 3. The van der Waals surface area contributed by atoms with Crippen molar-refractivity contribution in [1.29, 1.82) is 0 Å². The Bertz CT molecular complexity index is 1230. The average molecular weight is 465 g/mol. The van der Waals surface area contributed by atoms with E-state index in [0.717, 1.165) is 0 Å². The molecular formula is C21H15F4N3O3S. The summed E-state index contributed by atoms with van der Waals surface area (Å²) >= 11 is -0.226. The first-order valence-electron chi connectivity index (χ1n) is 9.41. The van der Waals surface area contributed by atoms with Crippen LogP contribution in [-0.2, 0) is 0 Å². The molecule has 0 unspecified atom stereocenters. The third-order valence-electron chi connectivity index (χ3n) is 3.99. The lowest BCUT2D eigenvalue weighted by molar-refractivity contribution is -0.0328. The van der Waals surface area contributed by atoms with Gasteiger partial charge in [-0.05, 0) is 60.6 Å². The molecule has 0 aliphatic heterocycles. The van der Waals surface area contributed by atoms with Crippen molar-refractivity contribution in [2.24, 2.45) is 0 Å². The minimum Gasteiger partial charge on any atom is -0.476 e. The summed E-state index contributed by atoms with van der Waals surface area (Å²) in [4.78, 5) is 12.7. The van der Waals surface area contributed by atoms with Gasteiger partial charge in [-0.1, -0.05) is 13.0 Å². The van der Waals surface area contributed by atoms with Gasteiger partial charge in [-0.3, -0.25) is 0 Å². The van der Waals surface area contributed by atoms with Gasteiger partial charge in [-0.25, -0.2) is 9.37 Å². The molecule has 0 N–H and O–H groups in total. The number of fused-ring (bicyclic) bond motifs is 1. The lowest BCUT2D eigenvalue weighted by Crippen LogP contribution is -2.01. The fourth-order valence-corrected chi connectivity index (χ4v) is 3.22. The van der Waals surface area contributed by atoms with Gasteiger partial charge in [0.05, 0.1) is 6.61 Å². The maximum absolute atomic E-state index is 13.6. The van der Waals surface area contributed by atoms with Gasteiger partial charge in [0, 0.05) is 10.5 Å². The predicted octanol–water partition coefficient (Wildman–Crippen LogP) is 6.62. The fourth-order valence-electron chi connectivity index (χ4n) is 2.68.